The van der Waals surface area contributed by atoms with Gasteiger partial charge < -0.3 is 10.0 Å². The van der Waals surface area contributed by atoms with E-state index in [-0.39, 0.29) is 6.42 Å². The lowest BCUT2D eigenvalue weighted by Crippen LogP contribution is -2.22. The second kappa shape index (κ2) is 6.11. The SMILES string of the molecule is CN(CCC(=O)O)c1ncnc2sc(-c3ccccc3)cc12. The van der Waals surface area contributed by atoms with Gasteiger partial charge in [0.2, 0.25) is 0 Å². The second-order valence-corrected chi connectivity index (χ2v) is 5.99. The Balaban J connectivity index is 1.98. The number of anilines is 1. The molecule has 0 aliphatic heterocycles. The summed E-state index contributed by atoms with van der Waals surface area (Å²) in [5.41, 5.74) is 1.14. The van der Waals surface area contributed by atoms with Crippen molar-refractivity contribution in [2.45, 2.75) is 6.42 Å². The summed E-state index contributed by atoms with van der Waals surface area (Å²) in [7, 11) is 1.85. The van der Waals surface area contributed by atoms with E-state index in [1.807, 2.05) is 30.1 Å². The molecule has 0 spiro atoms. The van der Waals surface area contributed by atoms with Gasteiger partial charge in [0.25, 0.3) is 0 Å². The molecule has 0 amide bonds. The summed E-state index contributed by atoms with van der Waals surface area (Å²) < 4.78 is 0. The van der Waals surface area contributed by atoms with Crippen molar-refractivity contribution < 1.29 is 9.90 Å². The Morgan fingerprint density at radius 1 is 1.27 bits per heavy atom. The standard InChI is InChI=1S/C16H15N3O2S/c1-19(8-7-14(20)21)15-12-9-13(11-5-3-2-4-6-11)22-16(12)18-10-17-15/h2-6,9-10H,7-8H2,1H3,(H,20,21). The monoisotopic (exact) mass is 313 g/mol. The number of benzene rings is 1. The zero-order chi connectivity index (χ0) is 15.5. The Bertz CT molecular complexity index is 802. The van der Waals surface area contributed by atoms with Gasteiger partial charge in [0.1, 0.15) is 17.0 Å². The molecule has 0 saturated heterocycles. The van der Waals surface area contributed by atoms with E-state index in [1.54, 1.807) is 11.3 Å². The van der Waals surface area contributed by atoms with E-state index in [0.29, 0.717) is 6.54 Å². The topological polar surface area (TPSA) is 66.3 Å². The highest BCUT2D eigenvalue weighted by atomic mass is 32.1. The fourth-order valence-electron chi connectivity index (χ4n) is 2.26. The van der Waals surface area contributed by atoms with E-state index in [1.165, 1.54) is 6.33 Å². The van der Waals surface area contributed by atoms with Crippen molar-refractivity contribution in [3.63, 3.8) is 0 Å². The third-order valence-corrected chi connectivity index (χ3v) is 4.48. The smallest absolute Gasteiger partial charge is 0.305 e. The van der Waals surface area contributed by atoms with Crippen LogP contribution in [0.25, 0.3) is 20.7 Å². The number of hydrogen-bond donors (Lipinski definition) is 1. The summed E-state index contributed by atoms with van der Waals surface area (Å²) >= 11 is 1.61. The number of carboxylic acids is 1. The van der Waals surface area contributed by atoms with Gasteiger partial charge >= 0.3 is 5.97 Å². The minimum Gasteiger partial charge on any atom is -0.481 e. The summed E-state index contributed by atoms with van der Waals surface area (Å²) in [6.07, 6.45) is 1.61. The predicted molar refractivity (Wildman–Crippen MR) is 88.4 cm³/mol. The molecule has 112 valence electrons. The van der Waals surface area contributed by atoms with Gasteiger partial charge in [-0.3, -0.25) is 4.79 Å². The number of carboxylic acid groups (broad SMARTS) is 1. The first-order valence-electron chi connectivity index (χ1n) is 6.88. The van der Waals surface area contributed by atoms with Gasteiger partial charge in [0.05, 0.1) is 11.8 Å². The van der Waals surface area contributed by atoms with Gasteiger partial charge in [-0.15, -0.1) is 11.3 Å². The Morgan fingerprint density at radius 3 is 2.77 bits per heavy atom. The molecule has 0 aliphatic rings. The van der Waals surface area contributed by atoms with E-state index >= 15 is 0 Å². The van der Waals surface area contributed by atoms with Crippen molar-refractivity contribution in [1.82, 2.24) is 9.97 Å². The van der Waals surface area contributed by atoms with E-state index in [9.17, 15) is 4.79 Å². The lowest BCUT2D eigenvalue weighted by molar-refractivity contribution is -0.136. The maximum absolute atomic E-state index is 10.7. The molecule has 0 bridgehead atoms. The second-order valence-electron chi connectivity index (χ2n) is 4.96. The molecular formula is C16H15N3O2S. The number of aromatic nitrogens is 2. The average Bonchev–Trinajstić information content (AvgIpc) is 2.97. The molecule has 1 N–H and O–H groups in total. The zero-order valence-electron chi connectivity index (χ0n) is 12.1. The quantitative estimate of drug-likeness (QED) is 0.783. The molecule has 0 unspecified atom stereocenters. The van der Waals surface area contributed by atoms with Crippen LogP contribution in [0.15, 0.2) is 42.7 Å². The Kier molecular flexibility index (Phi) is 4.02. The summed E-state index contributed by atoms with van der Waals surface area (Å²) in [6, 6.07) is 12.2. The van der Waals surface area contributed by atoms with Crippen molar-refractivity contribution in [1.29, 1.82) is 0 Å². The summed E-state index contributed by atoms with van der Waals surface area (Å²) in [4.78, 5) is 23.3. The van der Waals surface area contributed by atoms with Gasteiger partial charge in [0, 0.05) is 18.5 Å². The van der Waals surface area contributed by atoms with Crippen molar-refractivity contribution in [3.8, 4) is 10.4 Å². The van der Waals surface area contributed by atoms with Gasteiger partial charge in [-0.2, -0.15) is 0 Å². The molecular weight excluding hydrogens is 298 g/mol. The number of hydrogen-bond acceptors (Lipinski definition) is 5. The molecule has 5 nitrogen and oxygen atoms in total. The third-order valence-electron chi connectivity index (χ3n) is 3.39. The third kappa shape index (κ3) is 2.92. The Morgan fingerprint density at radius 2 is 2.05 bits per heavy atom. The number of nitrogens with zero attached hydrogens (tertiary/aromatic N) is 3. The molecule has 3 rings (SSSR count). The number of thiophene rings is 1. The van der Waals surface area contributed by atoms with E-state index in [4.69, 9.17) is 5.11 Å². The van der Waals surface area contributed by atoms with Crippen LogP contribution in [0.3, 0.4) is 0 Å². The summed E-state index contributed by atoms with van der Waals surface area (Å²) in [6.45, 7) is 0.415. The van der Waals surface area contributed by atoms with Crippen molar-refractivity contribution in [2.24, 2.45) is 0 Å². The van der Waals surface area contributed by atoms with E-state index in [2.05, 4.69) is 28.2 Å². The Hall–Kier alpha value is -2.47. The van der Waals surface area contributed by atoms with Crippen LogP contribution in [0.2, 0.25) is 0 Å². The average molecular weight is 313 g/mol. The van der Waals surface area contributed by atoms with Gasteiger partial charge in [-0.25, -0.2) is 9.97 Å². The van der Waals surface area contributed by atoms with Crippen LogP contribution in [0.5, 0.6) is 0 Å². The van der Waals surface area contributed by atoms with Crippen LogP contribution >= 0.6 is 11.3 Å². The van der Waals surface area contributed by atoms with Crippen LogP contribution in [0.1, 0.15) is 6.42 Å². The Labute approximate surface area is 131 Å². The first kappa shape index (κ1) is 14.5. The number of aliphatic carboxylic acids is 1. The largest absolute Gasteiger partial charge is 0.481 e. The molecule has 0 aliphatic carbocycles. The molecule has 2 aromatic heterocycles. The predicted octanol–water partition coefficient (Wildman–Crippen LogP) is 3.27. The van der Waals surface area contributed by atoms with Crippen LogP contribution in [0.4, 0.5) is 5.82 Å². The summed E-state index contributed by atoms with van der Waals surface area (Å²) in [5, 5.41) is 9.78. The van der Waals surface area contributed by atoms with Crippen molar-refractivity contribution >= 4 is 33.3 Å². The highest BCUT2D eigenvalue weighted by Gasteiger charge is 2.13. The summed E-state index contributed by atoms with van der Waals surface area (Å²) in [5.74, 6) is -0.0443. The molecule has 0 radical (unpaired) electrons. The maximum atomic E-state index is 10.7. The minimum absolute atomic E-state index is 0.0810. The lowest BCUT2D eigenvalue weighted by Gasteiger charge is -2.17. The van der Waals surface area contributed by atoms with E-state index in [0.717, 1.165) is 26.5 Å². The fourth-order valence-corrected chi connectivity index (χ4v) is 3.26. The lowest BCUT2D eigenvalue weighted by atomic mass is 10.2. The van der Waals surface area contributed by atoms with Crippen LogP contribution in [0, 0.1) is 0 Å². The molecule has 1 aromatic carbocycles. The highest BCUT2D eigenvalue weighted by molar-refractivity contribution is 7.21. The van der Waals surface area contributed by atoms with Crippen LogP contribution in [-0.4, -0.2) is 34.6 Å². The van der Waals surface area contributed by atoms with Gasteiger partial charge in [0.15, 0.2) is 0 Å². The van der Waals surface area contributed by atoms with Crippen molar-refractivity contribution in [2.75, 3.05) is 18.5 Å². The van der Waals surface area contributed by atoms with Crippen LogP contribution < -0.4 is 4.90 Å². The molecule has 0 fully saturated rings. The molecule has 2 heterocycles. The number of carbonyl (C=O) groups is 1. The first-order chi connectivity index (χ1) is 10.6. The molecule has 22 heavy (non-hydrogen) atoms. The maximum Gasteiger partial charge on any atom is 0.305 e. The van der Waals surface area contributed by atoms with Crippen LogP contribution in [-0.2, 0) is 4.79 Å². The zero-order valence-corrected chi connectivity index (χ0v) is 12.9. The first-order valence-corrected chi connectivity index (χ1v) is 7.69. The number of rotatable bonds is 5. The fraction of sp³-hybridized carbons (Fsp3) is 0.188. The molecule has 6 heteroatoms. The minimum atomic E-state index is -0.813. The molecule has 0 saturated carbocycles. The highest BCUT2D eigenvalue weighted by Crippen LogP contribution is 2.35. The normalized spacial score (nSPS) is 10.8. The van der Waals surface area contributed by atoms with Gasteiger partial charge in [-0.1, -0.05) is 30.3 Å². The number of fused-ring (bicyclic) bond motifs is 1. The molecule has 3 aromatic rings. The molecule has 0 atom stereocenters. The van der Waals surface area contributed by atoms with E-state index < -0.39 is 5.97 Å². The van der Waals surface area contributed by atoms with Crippen molar-refractivity contribution in [3.05, 3.63) is 42.7 Å². The van der Waals surface area contributed by atoms with Gasteiger partial charge in [-0.05, 0) is 11.6 Å².